The molecule has 0 aliphatic rings. The summed E-state index contributed by atoms with van der Waals surface area (Å²) in [6.45, 7) is 5.39. The van der Waals surface area contributed by atoms with Crippen LogP contribution in [0.1, 0.15) is 31.9 Å². The van der Waals surface area contributed by atoms with E-state index in [9.17, 15) is 9.90 Å². The van der Waals surface area contributed by atoms with Gasteiger partial charge in [0.15, 0.2) is 0 Å². The van der Waals surface area contributed by atoms with Gasteiger partial charge in [-0.2, -0.15) is 5.26 Å². The van der Waals surface area contributed by atoms with Crippen molar-refractivity contribution in [3.05, 3.63) is 29.3 Å². The van der Waals surface area contributed by atoms with Crippen LogP contribution in [0.3, 0.4) is 0 Å². The van der Waals surface area contributed by atoms with Crippen molar-refractivity contribution in [1.29, 1.82) is 5.26 Å². The van der Waals surface area contributed by atoms with E-state index in [-0.39, 0.29) is 12.3 Å². The number of amides is 1. The lowest BCUT2D eigenvalue weighted by Gasteiger charge is -2.18. The average Bonchev–Trinajstić information content (AvgIpc) is 2.34. The van der Waals surface area contributed by atoms with Gasteiger partial charge in [-0.05, 0) is 39.0 Å². The number of hydrogen-bond donors (Lipinski definition) is 2. The summed E-state index contributed by atoms with van der Waals surface area (Å²) >= 11 is 0. The molecule has 5 nitrogen and oxygen atoms in total. The number of carbonyl (C=O) groups excluding carboxylic acids is 1. The Kier molecular flexibility index (Phi) is 5.00. The molecule has 0 radical (unpaired) electrons. The highest BCUT2D eigenvalue weighted by molar-refractivity contribution is 5.68. The molecular formula is C15H16N2O3. The van der Waals surface area contributed by atoms with Crippen molar-refractivity contribution >= 4 is 6.09 Å². The minimum absolute atomic E-state index is 0.00577. The van der Waals surface area contributed by atoms with Crippen molar-refractivity contribution < 1.29 is 14.6 Å². The van der Waals surface area contributed by atoms with Gasteiger partial charge in [0.2, 0.25) is 0 Å². The van der Waals surface area contributed by atoms with Gasteiger partial charge in [-0.25, -0.2) is 4.79 Å². The number of nitrogens with one attached hydrogen (secondary N) is 1. The fourth-order valence-electron chi connectivity index (χ4n) is 1.28. The van der Waals surface area contributed by atoms with Gasteiger partial charge in [0, 0.05) is 0 Å². The lowest BCUT2D eigenvalue weighted by atomic mass is 10.1. The highest BCUT2D eigenvalue weighted by Gasteiger charge is 2.14. The number of benzene rings is 1. The highest BCUT2D eigenvalue weighted by atomic mass is 16.6. The molecule has 0 unspecified atom stereocenters. The number of nitriles is 1. The number of carbonyl (C=O) groups is 1. The minimum Gasteiger partial charge on any atom is -0.507 e. The summed E-state index contributed by atoms with van der Waals surface area (Å²) in [7, 11) is 0. The van der Waals surface area contributed by atoms with E-state index in [1.54, 1.807) is 20.8 Å². The van der Waals surface area contributed by atoms with Crippen molar-refractivity contribution in [1.82, 2.24) is 5.32 Å². The lowest BCUT2D eigenvalue weighted by molar-refractivity contribution is 0.0535. The predicted molar refractivity (Wildman–Crippen MR) is 73.9 cm³/mol. The van der Waals surface area contributed by atoms with Crippen LogP contribution in [0.25, 0.3) is 0 Å². The fraction of sp³-hybridized carbons (Fsp3) is 0.333. The van der Waals surface area contributed by atoms with E-state index in [0.29, 0.717) is 11.1 Å². The molecule has 1 aromatic rings. The van der Waals surface area contributed by atoms with E-state index in [2.05, 4.69) is 17.2 Å². The van der Waals surface area contributed by atoms with Gasteiger partial charge in [0.25, 0.3) is 0 Å². The molecule has 20 heavy (non-hydrogen) atoms. The van der Waals surface area contributed by atoms with Crippen LogP contribution in [0, 0.1) is 23.2 Å². The van der Waals surface area contributed by atoms with Crippen LogP contribution in [0.5, 0.6) is 5.75 Å². The van der Waals surface area contributed by atoms with Crippen molar-refractivity contribution in [2.45, 2.75) is 26.4 Å². The summed E-state index contributed by atoms with van der Waals surface area (Å²) < 4.78 is 5.04. The predicted octanol–water partition coefficient (Wildman–Crippen LogP) is 2.14. The first-order chi connectivity index (χ1) is 9.31. The Morgan fingerprint density at radius 2 is 2.15 bits per heavy atom. The van der Waals surface area contributed by atoms with Gasteiger partial charge in [0.1, 0.15) is 11.4 Å². The number of alkyl carbamates (subject to hydrolysis) is 1. The van der Waals surface area contributed by atoms with E-state index < -0.39 is 11.7 Å². The van der Waals surface area contributed by atoms with Gasteiger partial charge in [-0.3, -0.25) is 0 Å². The molecule has 1 rings (SSSR count). The van der Waals surface area contributed by atoms with Crippen molar-refractivity contribution in [2.24, 2.45) is 0 Å². The molecular weight excluding hydrogens is 256 g/mol. The van der Waals surface area contributed by atoms with Crippen molar-refractivity contribution in [2.75, 3.05) is 6.54 Å². The van der Waals surface area contributed by atoms with E-state index >= 15 is 0 Å². The van der Waals surface area contributed by atoms with Crippen LogP contribution in [-0.4, -0.2) is 23.3 Å². The number of rotatable bonds is 1. The van der Waals surface area contributed by atoms with Crippen LogP contribution in [-0.2, 0) is 4.74 Å². The second kappa shape index (κ2) is 6.49. The Balaban J connectivity index is 2.60. The number of aromatic hydroxyl groups is 1. The third-order valence-electron chi connectivity index (χ3n) is 2.07. The molecule has 0 bridgehead atoms. The molecule has 2 N–H and O–H groups in total. The van der Waals surface area contributed by atoms with Crippen LogP contribution in [0.2, 0.25) is 0 Å². The summed E-state index contributed by atoms with van der Waals surface area (Å²) in [4.78, 5) is 11.3. The average molecular weight is 272 g/mol. The van der Waals surface area contributed by atoms with Gasteiger partial charge < -0.3 is 15.2 Å². The Morgan fingerprint density at radius 1 is 1.45 bits per heavy atom. The van der Waals surface area contributed by atoms with Crippen LogP contribution < -0.4 is 5.32 Å². The SMILES string of the molecule is CC(C)(C)OC(=O)NCC#Cc1cc(C#N)ccc1O. The molecule has 0 aliphatic carbocycles. The quantitative estimate of drug-likeness (QED) is 0.767. The largest absolute Gasteiger partial charge is 0.507 e. The maximum Gasteiger partial charge on any atom is 0.408 e. The second-order valence-corrected chi connectivity index (χ2v) is 5.00. The van der Waals surface area contributed by atoms with E-state index in [1.807, 2.05) is 6.07 Å². The molecule has 0 heterocycles. The van der Waals surface area contributed by atoms with Gasteiger partial charge >= 0.3 is 6.09 Å². The van der Waals surface area contributed by atoms with E-state index in [1.165, 1.54) is 18.2 Å². The van der Waals surface area contributed by atoms with Crippen molar-refractivity contribution in [3.63, 3.8) is 0 Å². The molecule has 0 saturated carbocycles. The maximum atomic E-state index is 11.3. The summed E-state index contributed by atoms with van der Waals surface area (Å²) in [5, 5.41) is 20.8. The summed E-state index contributed by atoms with van der Waals surface area (Å²) in [5.41, 5.74) is 0.193. The number of ether oxygens (including phenoxy) is 1. The lowest BCUT2D eigenvalue weighted by Crippen LogP contribution is -2.32. The molecule has 0 spiro atoms. The zero-order valence-electron chi connectivity index (χ0n) is 11.7. The number of hydrogen-bond acceptors (Lipinski definition) is 4. The molecule has 0 atom stereocenters. The van der Waals surface area contributed by atoms with Crippen LogP contribution in [0.15, 0.2) is 18.2 Å². The smallest absolute Gasteiger partial charge is 0.408 e. The van der Waals surface area contributed by atoms with Gasteiger partial charge in [-0.1, -0.05) is 11.8 Å². The monoisotopic (exact) mass is 272 g/mol. The second-order valence-electron chi connectivity index (χ2n) is 5.00. The molecule has 0 aromatic heterocycles. The number of phenolic OH excluding ortho intramolecular Hbond substituents is 1. The van der Waals surface area contributed by atoms with E-state index in [4.69, 9.17) is 10.00 Å². The summed E-state index contributed by atoms with van der Waals surface area (Å²) in [6.07, 6.45) is -0.554. The molecule has 0 aliphatic heterocycles. The molecule has 0 saturated heterocycles. The van der Waals surface area contributed by atoms with E-state index in [0.717, 1.165) is 0 Å². The van der Waals surface area contributed by atoms with Crippen LogP contribution >= 0.6 is 0 Å². The number of phenols is 1. The molecule has 1 amide bonds. The molecule has 104 valence electrons. The zero-order chi connectivity index (χ0) is 15.2. The highest BCUT2D eigenvalue weighted by Crippen LogP contribution is 2.16. The molecule has 0 fully saturated rings. The maximum absolute atomic E-state index is 11.3. The topological polar surface area (TPSA) is 82.3 Å². The van der Waals surface area contributed by atoms with Crippen LogP contribution in [0.4, 0.5) is 4.79 Å². The molecule has 5 heteroatoms. The zero-order valence-corrected chi connectivity index (χ0v) is 11.7. The number of nitrogens with zero attached hydrogens (tertiary/aromatic N) is 1. The Labute approximate surface area is 118 Å². The fourth-order valence-corrected chi connectivity index (χ4v) is 1.28. The Hall–Kier alpha value is -2.66. The normalized spacial score (nSPS) is 9.90. The Bertz CT molecular complexity index is 598. The third kappa shape index (κ3) is 5.32. The van der Waals surface area contributed by atoms with Gasteiger partial charge in [0.05, 0.1) is 23.7 Å². The first-order valence-corrected chi connectivity index (χ1v) is 6.00. The summed E-state index contributed by atoms with van der Waals surface area (Å²) in [5.74, 6) is 5.36. The summed E-state index contributed by atoms with van der Waals surface area (Å²) in [6, 6.07) is 6.35. The molecule has 1 aromatic carbocycles. The van der Waals surface area contributed by atoms with Crippen molar-refractivity contribution in [3.8, 4) is 23.7 Å². The first kappa shape index (κ1) is 15.4. The minimum atomic E-state index is -0.559. The standard InChI is InChI=1S/C15H16N2O3/c1-15(2,3)20-14(19)17-8-4-5-12-9-11(10-16)6-7-13(12)18/h6-7,9,18H,8H2,1-3H3,(H,17,19). The Morgan fingerprint density at radius 3 is 2.75 bits per heavy atom. The van der Waals surface area contributed by atoms with Gasteiger partial charge in [-0.15, -0.1) is 0 Å². The first-order valence-electron chi connectivity index (χ1n) is 6.00. The third-order valence-corrected chi connectivity index (χ3v) is 2.07.